The van der Waals surface area contributed by atoms with Gasteiger partial charge in [-0.1, -0.05) is 30.3 Å². The number of nitrogens with one attached hydrogen (secondary N) is 1. The van der Waals surface area contributed by atoms with Gasteiger partial charge in [0.25, 0.3) is 0 Å². The molecule has 4 nitrogen and oxygen atoms in total. The second kappa shape index (κ2) is 5.98. The molecule has 4 heteroatoms. The highest BCUT2D eigenvalue weighted by molar-refractivity contribution is 5.77. The van der Waals surface area contributed by atoms with Gasteiger partial charge in [-0.15, -0.1) is 0 Å². The number of hydrogen-bond donors (Lipinski definition) is 1. The lowest BCUT2D eigenvalue weighted by Crippen LogP contribution is -2.39. The smallest absolute Gasteiger partial charge is 0.315 e. The van der Waals surface area contributed by atoms with Gasteiger partial charge in [0.1, 0.15) is 5.41 Å². The van der Waals surface area contributed by atoms with Crippen molar-refractivity contribution in [3.63, 3.8) is 0 Å². The van der Waals surface area contributed by atoms with Gasteiger partial charge in [-0.2, -0.15) is 0 Å². The first-order valence-corrected chi connectivity index (χ1v) is 6.18. The third kappa shape index (κ3) is 2.89. The van der Waals surface area contributed by atoms with Gasteiger partial charge in [0.05, 0.1) is 20.3 Å². The Morgan fingerprint density at radius 1 is 1.39 bits per heavy atom. The van der Waals surface area contributed by atoms with E-state index in [1.807, 2.05) is 30.3 Å². The quantitative estimate of drug-likeness (QED) is 0.800. The Hall–Kier alpha value is -1.39. The first kappa shape index (κ1) is 13.1. The van der Waals surface area contributed by atoms with Crippen LogP contribution in [0.15, 0.2) is 30.3 Å². The molecule has 1 aromatic rings. The summed E-state index contributed by atoms with van der Waals surface area (Å²) < 4.78 is 10.6. The average molecular weight is 249 g/mol. The summed E-state index contributed by atoms with van der Waals surface area (Å²) in [5.41, 5.74) is 0.604. The summed E-state index contributed by atoms with van der Waals surface area (Å²) in [7, 11) is 1.43. The van der Waals surface area contributed by atoms with Crippen molar-refractivity contribution in [2.75, 3.05) is 26.8 Å². The lowest BCUT2D eigenvalue weighted by molar-refractivity contribution is -0.155. The van der Waals surface area contributed by atoms with E-state index in [4.69, 9.17) is 9.47 Å². The Morgan fingerprint density at radius 3 is 2.78 bits per heavy atom. The number of benzene rings is 1. The van der Waals surface area contributed by atoms with Crippen LogP contribution in [0.5, 0.6) is 0 Å². The zero-order valence-corrected chi connectivity index (χ0v) is 10.6. The van der Waals surface area contributed by atoms with Crippen molar-refractivity contribution in [2.45, 2.75) is 13.0 Å². The fourth-order valence-electron chi connectivity index (χ4n) is 2.26. The molecular formula is C14H19NO3. The lowest BCUT2D eigenvalue weighted by atomic mass is 9.88. The van der Waals surface area contributed by atoms with Crippen molar-refractivity contribution >= 4 is 5.97 Å². The molecule has 1 N–H and O–H groups in total. The van der Waals surface area contributed by atoms with E-state index in [0.29, 0.717) is 19.8 Å². The third-order valence-corrected chi connectivity index (χ3v) is 3.35. The number of hydrogen-bond acceptors (Lipinski definition) is 4. The fourth-order valence-corrected chi connectivity index (χ4v) is 2.26. The van der Waals surface area contributed by atoms with Crippen LogP contribution < -0.4 is 5.32 Å². The molecule has 0 saturated carbocycles. The van der Waals surface area contributed by atoms with Crippen LogP contribution in [0.3, 0.4) is 0 Å². The Balaban J connectivity index is 1.89. The van der Waals surface area contributed by atoms with E-state index in [-0.39, 0.29) is 5.97 Å². The first-order chi connectivity index (χ1) is 8.77. The normalized spacial score (nSPS) is 22.9. The molecule has 0 radical (unpaired) electrons. The Morgan fingerprint density at radius 2 is 2.17 bits per heavy atom. The molecule has 0 spiro atoms. The molecule has 1 fully saturated rings. The summed E-state index contributed by atoms with van der Waals surface area (Å²) in [4.78, 5) is 11.8. The van der Waals surface area contributed by atoms with E-state index in [1.165, 1.54) is 7.11 Å². The molecule has 1 aliphatic rings. The second-order valence-corrected chi connectivity index (χ2v) is 4.68. The van der Waals surface area contributed by atoms with Crippen molar-refractivity contribution in [1.82, 2.24) is 5.32 Å². The molecule has 0 amide bonds. The molecular weight excluding hydrogens is 230 g/mol. The minimum Gasteiger partial charge on any atom is -0.468 e. The van der Waals surface area contributed by atoms with Gasteiger partial charge in [0.15, 0.2) is 0 Å². The van der Waals surface area contributed by atoms with E-state index in [0.717, 1.165) is 18.5 Å². The monoisotopic (exact) mass is 249 g/mol. The van der Waals surface area contributed by atoms with Gasteiger partial charge in [0.2, 0.25) is 0 Å². The number of methoxy groups -OCH3 is 1. The molecule has 1 heterocycles. The molecule has 98 valence electrons. The molecule has 0 aliphatic carbocycles. The molecule has 0 bridgehead atoms. The van der Waals surface area contributed by atoms with Crippen LogP contribution in [-0.4, -0.2) is 32.8 Å². The van der Waals surface area contributed by atoms with Crippen molar-refractivity contribution < 1.29 is 14.3 Å². The van der Waals surface area contributed by atoms with Crippen LogP contribution in [0.2, 0.25) is 0 Å². The summed E-state index contributed by atoms with van der Waals surface area (Å²) >= 11 is 0. The summed E-state index contributed by atoms with van der Waals surface area (Å²) in [6.45, 7) is 2.40. The number of esters is 1. The van der Waals surface area contributed by atoms with E-state index in [9.17, 15) is 4.79 Å². The minimum atomic E-state index is -0.510. The SMILES string of the molecule is COC(=O)[C@]1(COCc2ccccc2)CCNC1. The van der Waals surface area contributed by atoms with Crippen LogP contribution >= 0.6 is 0 Å². The highest BCUT2D eigenvalue weighted by Crippen LogP contribution is 2.27. The van der Waals surface area contributed by atoms with Gasteiger partial charge in [-0.3, -0.25) is 4.79 Å². The van der Waals surface area contributed by atoms with Gasteiger partial charge < -0.3 is 14.8 Å². The standard InChI is InChI=1S/C14H19NO3/c1-17-13(16)14(7-8-15-10-14)11-18-9-12-5-3-2-4-6-12/h2-6,15H,7-11H2,1H3/t14-/m1/s1. The molecule has 1 aliphatic heterocycles. The summed E-state index contributed by atoms with van der Waals surface area (Å²) in [6, 6.07) is 9.95. The van der Waals surface area contributed by atoms with Crippen LogP contribution in [0, 0.1) is 5.41 Å². The van der Waals surface area contributed by atoms with Crippen molar-refractivity contribution in [1.29, 1.82) is 0 Å². The fraction of sp³-hybridized carbons (Fsp3) is 0.500. The molecule has 1 atom stereocenters. The molecule has 1 saturated heterocycles. The number of rotatable bonds is 5. The average Bonchev–Trinajstić information content (AvgIpc) is 2.89. The largest absolute Gasteiger partial charge is 0.468 e. The van der Waals surface area contributed by atoms with E-state index in [1.54, 1.807) is 0 Å². The van der Waals surface area contributed by atoms with Gasteiger partial charge in [-0.05, 0) is 18.5 Å². The van der Waals surface area contributed by atoms with Crippen LogP contribution in [0.1, 0.15) is 12.0 Å². The number of ether oxygens (including phenoxy) is 2. The van der Waals surface area contributed by atoms with Crippen molar-refractivity contribution in [3.05, 3.63) is 35.9 Å². The summed E-state index contributed by atoms with van der Waals surface area (Å²) in [6.07, 6.45) is 0.772. The third-order valence-electron chi connectivity index (χ3n) is 3.35. The molecule has 0 unspecified atom stereocenters. The van der Waals surface area contributed by atoms with E-state index in [2.05, 4.69) is 5.32 Å². The Kier molecular flexibility index (Phi) is 4.33. The van der Waals surface area contributed by atoms with Crippen molar-refractivity contribution in [3.8, 4) is 0 Å². The predicted octanol–water partition coefficient (Wildman–Crippen LogP) is 1.36. The van der Waals surface area contributed by atoms with Crippen LogP contribution in [0.4, 0.5) is 0 Å². The number of carbonyl (C=O) groups excluding carboxylic acids is 1. The maximum atomic E-state index is 11.8. The Bertz CT molecular complexity index is 385. The van der Waals surface area contributed by atoms with E-state index >= 15 is 0 Å². The maximum Gasteiger partial charge on any atom is 0.315 e. The first-order valence-electron chi connectivity index (χ1n) is 6.18. The zero-order chi connectivity index (χ0) is 12.8. The van der Waals surface area contributed by atoms with Gasteiger partial charge in [0, 0.05) is 6.54 Å². The van der Waals surface area contributed by atoms with Gasteiger partial charge in [-0.25, -0.2) is 0 Å². The minimum absolute atomic E-state index is 0.180. The number of carbonyl (C=O) groups is 1. The molecule has 2 rings (SSSR count). The summed E-state index contributed by atoms with van der Waals surface area (Å²) in [5.74, 6) is -0.180. The highest BCUT2D eigenvalue weighted by atomic mass is 16.5. The second-order valence-electron chi connectivity index (χ2n) is 4.68. The van der Waals surface area contributed by atoms with Crippen LogP contribution in [0.25, 0.3) is 0 Å². The van der Waals surface area contributed by atoms with E-state index < -0.39 is 5.41 Å². The molecule has 0 aromatic heterocycles. The molecule has 18 heavy (non-hydrogen) atoms. The maximum absolute atomic E-state index is 11.8. The van der Waals surface area contributed by atoms with Crippen molar-refractivity contribution in [2.24, 2.45) is 5.41 Å². The van der Waals surface area contributed by atoms with Crippen LogP contribution in [-0.2, 0) is 20.9 Å². The highest BCUT2D eigenvalue weighted by Gasteiger charge is 2.42. The molecule has 1 aromatic carbocycles. The topological polar surface area (TPSA) is 47.6 Å². The zero-order valence-electron chi connectivity index (χ0n) is 10.6. The predicted molar refractivity (Wildman–Crippen MR) is 68.0 cm³/mol. The summed E-state index contributed by atoms with van der Waals surface area (Å²) in [5, 5.41) is 3.20. The lowest BCUT2D eigenvalue weighted by Gasteiger charge is -2.24. The Labute approximate surface area is 107 Å². The van der Waals surface area contributed by atoms with Gasteiger partial charge >= 0.3 is 5.97 Å².